The van der Waals surface area contributed by atoms with Crippen molar-refractivity contribution >= 4 is 45.1 Å². The van der Waals surface area contributed by atoms with Gasteiger partial charge in [0, 0.05) is 6.92 Å². The molecular formula is C21H17N3O6S. The molecule has 9 nitrogen and oxygen atoms in total. The van der Waals surface area contributed by atoms with Crippen LogP contribution >= 0.6 is 11.3 Å². The van der Waals surface area contributed by atoms with Crippen LogP contribution in [0.1, 0.15) is 23.6 Å². The molecule has 4 aromatic rings. The summed E-state index contributed by atoms with van der Waals surface area (Å²) >= 11 is 1.14. The lowest BCUT2D eigenvalue weighted by Crippen LogP contribution is -2.22. The van der Waals surface area contributed by atoms with Crippen LogP contribution in [0.2, 0.25) is 0 Å². The summed E-state index contributed by atoms with van der Waals surface area (Å²) in [6.07, 6.45) is 1.42. The minimum Gasteiger partial charge on any atom is -0.488 e. The van der Waals surface area contributed by atoms with Gasteiger partial charge in [-0.3, -0.25) is 19.7 Å². The van der Waals surface area contributed by atoms with E-state index >= 15 is 0 Å². The van der Waals surface area contributed by atoms with Gasteiger partial charge in [0.05, 0.1) is 33.2 Å². The second kappa shape index (κ2) is 7.47. The molecule has 0 atom stereocenters. The molecule has 0 aliphatic rings. The maximum Gasteiger partial charge on any atom is 0.322 e. The molecule has 0 spiro atoms. The normalized spacial score (nSPS) is 11.9. The maximum absolute atomic E-state index is 13.1. The van der Waals surface area contributed by atoms with E-state index in [1.807, 2.05) is 26.0 Å². The Hall–Kier alpha value is -3.79. The fourth-order valence-electron chi connectivity index (χ4n) is 3.56. The summed E-state index contributed by atoms with van der Waals surface area (Å²) in [6.45, 7) is 5.06. The maximum atomic E-state index is 13.1. The summed E-state index contributed by atoms with van der Waals surface area (Å²) in [5, 5.41) is 11.8. The van der Waals surface area contributed by atoms with Gasteiger partial charge in [0.1, 0.15) is 0 Å². The molecule has 2 aromatic heterocycles. The zero-order valence-electron chi connectivity index (χ0n) is 17.1. The lowest BCUT2D eigenvalue weighted by Gasteiger charge is -2.09. The number of thiazole rings is 1. The predicted octanol–water partition coefficient (Wildman–Crippen LogP) is 2.92. The monoisotopic (exact) mass is 439 g/mol. The lowest BCUT2D eigenvalue weighted by molar-refractivity contribution is -0.386. The van der Waals surface area contributed by atoms with Crippen LogP contribution in [-0.2, 0) is 4.79 Å². The highest BCUT2D eigenvalue weighted by Gasteiger charge is 2.25. The average molecular weight is 439 g/mol. The SMILES string of the molecule is COc1c(OC(C)=O)ccc(/C=c2\sc3nc4c(C)cc(C)cc4n3c2=O)c1[N+](=O)[O-]. The Morgan fingerprint density at radius 3 is 2.68 bits per heavy atom. The number of aromatic nitrogens is 2. The Bertz CT molecular complexity index is 1500. The molecule has 0 saturated heterocycles. The summed E-state index contributed by atoms with van der Waals surface area (Å²) < 4.78 is 12.0. The molecule has 0 aliphatic carbocycles. The van der Waals surface area contributed by atoms with Crippen LogP contribution in [0.3, 0.4) is 0 Å². The molecule has 0 N–H and O–H groups in total. The largest absolute Gasteiger partial charge is 0.488 e. The number of rotatable bonds is 4. The summed E-state index contributed by atoms with van der Waals surface area (Å²) in [7, 11) is 1.24. The van der Waals surface area contributed by atoms with E-state index in [2.05, 4.69) is 4.98 Å². The van der Waals surface area contributed by atoms with Crippen LogP contribution in [0.5, 0.6) is 11.5 Å². The van der Waals surface area contributed by atoms with E-state index in [0.29, 0.717) is 10.5 Å². The number of nitro groups is 1. The van der Waals surface area contributed by atoms with Crippen molar-refractivity contribution < 1.29 is 19.2 Å². The quantitative estimate of drug-likeness (QED) is 0.208. The third-order valence-electron chi connectivity index (χ3n) is 4.73. The first-order valence-electron chi connectivity index (χ1n) is 9.19. The molecule has 0 saturated carbocycles. The molecule has 4 rings (SSSR count). The van der Waals surface area contributed by atoms with Gasteiger partial charge in [-0.1, -0.05) is 17.4 Å². The first-order chi connectivity index (χ1) is 14.7. The molecule has 0 aliphatic heterocycles. The molecule has 0 radical (unpaired) electrons. The molecular weight excluding hydrogens is 422 g/mol. The number of benzene rings is 2. The van der Waals surface area contributed by atoms with E-state index in [-0.39, 0.29) is 27.2 Å². The summed E-state index contributed by atoms with van der Waals surface area (Å²) in [6, 6.07) is 6.69. The molecule has 0 bridgehead atoms. The Labute approximate surface area is 179 Å². The molecule has 0 unspecified atom stereocenters. The van der Waals surface area contributed by atoms with E-state index in [0.717, 1.165) is 28.0 Å². The highest BCUT2D eigenvalue weighted by Crippen LogP contribution is 2.40. The Balaban J connectivity index is 1.98. The minimum atomic E-state index is -0.636. The van der Waals surface area contributed by atoms with Crippen molar-refractivity contribution in [1.82, 2.24) is 9.38 Å². The lowest BCUT2D eigenvalue weighted by atomic mass is 10.1. The summed E-state index contributed by atoms with van der Waals surface area (Å²) in [5.41, 5.74) is 2.86. The van der Waals surface area contributed by atoms with Crippen LogP contribution in [-0.4, -0.2) is 27.4 Å². The first kappa shape index (κ1) is 20.5. The summed E-state index contributed by atoms with van der Waals surface area (Å²) in [5.74, 6) is -0.901. The second-order valence-electron chi connectivity index (χ2n) is 6.98. The Morgan fingerprint density at radius 1 is 1.29 bits per heavy atom. The molecule has 2 heterocycles. The van der Waals surface area contributed by atoms with E-state index in [1.54, 1.807) is 0 Å². The number of nitro benzene ring substituents is 1. The highest BCUT2D eigenvalue weighted by atomic mass is 32.1. The number of hydrogen-bond donors (Lipinski definition) is 0. The van der Waals surface area contributed by atoms with Crippen LogP contribution in [0, 0.1) is 24.0 Å². The number of carbonyl (C=O) groups excluding carboxylic acids is 1. The number of hydrogen-bond acceptors (Lipinski definition) is 8. The van der Waals surface area contributed by atoms with Crippen LogP contribution in [0.15, 0.2) is 29.1 Å². The molecule has 10 heteroatoms. The number of aryl methyl sites for hydroxylation is 2. The Morgan fingerprint density at radius 2 is 2.03 bits per heavy atom. The van der Waals surface area contributed by atoms with Gasteiger partial charge >= 0.3 is 11.7 Å². The fourth-order valence-corrected chi connectivity index (χ4v) is 4.53. The van der Waals surface area contributed by atoms with Gasteiger partial charge in [-0.05, 0) is 49.2 Å². The van der Waals surface area contributed by atoms with E-state index in [1.165, 1.54) is 36.6 Å². The van der Waals surface area contributed by atoms with Crippen LogP contribution in [0.4, 0.5) is 5.69 Å². The van der Waals surface area contributed by atoms with Gasteiger partial charge in [0.15, 0.2) is 10.7 Å². The smallest absolute Gasteiger partial charge is 0.322 e. The van der Waals surface area contributed by atoms with Crippen molar-refractivity contribution in [2.75, 3.05) is 7.11 Å². The van der Waals surface area contributed by atoms with Gasteiger partial charge in [0.25, 0.3) is 5.56 Å². The third kappa shape index (κ3) is 3.40. The first-order valence-corrected chi connectivity index (χ1v) is 10.0. The van der Waals surface area contributed by atoms with Crippen molar-refractivity contribution in [3.63, 3.8) is 0 Å². The number of imidazole rings is 1. The third-order valence-corrected chi connectivity index (χ3v) is 5.70. The van der Waals surface area contributed by atoms with Gasteiger partial charge in [-0.2, -0.15) is 0 Å². The second-order valence-corrected chi connectivity index (χ2v) is 7.99. The number of esters is 1. The highest BCUT2D eigenvalue weighted by molar-refractivity contribution is 7.15. The van der Waals surface area contributed by atoms with Crippen molar-refractivity contribution in [2.24, 2.45) is 0 Å². The number of ether oxygens (including phenoxy) is 2. The van der Waals surface area contributed by atoms with Crippen LogP contribution in [0.25, 0.3) is 22.1 Å². The standard InChI is InChI=1S/C21H17N3O6S/c1-10-7-11(2)17-14(8-10)23-20(26)16(31-21(23)22-17)9-13-5-6-15(30-12(3)25)19(29-4)18(13)24(27)28/h5-9H,1-4H3/b16-9-. The van der Waals surface area contributed by atoms with E-state index in [9.17, 15) is 19.7 Å². The number of fused-ring (bicyclic) bond motifs is 3. The topological polar surface area (TPSA) is 113 Å². The number of carbonyl (C=O) groups is 1. The zero-order chi connectivity index (χ0) is 22.4. The molecule has 158 valence electrons. The zero-order valence-corrected chi connectivity index (χ0v) is 17.9. The molecule has 31 heavy (non-hydrogen) atoms. The van der Waals surface area contributed by atoms with Gasteiger partial charge in [-0.15, -0.1) is 0 Å². The average Bonchev–Trinajstić information content (AvgIpc) is 3.19. The van der Waals surface area contributed by atoms with Crippen molar-refractivity contribution in [3.8, 4) is 11.5 Å². The van der Waals surface area contributed by atoms with Gasteiger partial charge < -0.3 is 9.47 Å². The van der Waals surface area contributed by atoms with E-state index in [4.69, 9.17) is 9.47 Å². The van der Waals surface area contributed by atoms with Gasteiger partial charge in [0.2, 0.25) is 5.75 Å². The van der Waals surface area contributed by atoms with Crippen molar-refractivity contribution in [1.29, 1.82) is 0 Å². The summed E-state index contributed by atoms with van der Waals surface area (Å²) in [4.78, 5) is 40.6. The van der Waals surface area contributed by atoms with E-state index < -0.39 is 16.6 Å². The number of methoxy groups -OCH3 is 1. The van der Waals surface area contributed by atoms with Gasteiger partial charge in [-0.25, -0.2) is 9.38 Å². The predicted molar refractivity (Wildman–Crippen MR) is 116 cm³/mol. The minimum absolute atomic E-state index is 0.0703. The molecule has 0 amide bonds. The molecule has 0 fully saturated rings. The van der Waals surface area contributed by atoms with Crippen LogP contribution < -0.4 is 19.6 Å². The van der Waals surface area contributed by atoms with Crippen molar-refractivity contribution in [3.05, 3.63) is 66.0 Å². The van der Waals surface area contributed by atoms with Crippen molar-refractivity contribution in [2.45, 2.75) is 20.8 Å². The Kier molecular flexibility index (Phi) is 4.94. The fraction of sp³-hybridized carbons (Fsp3) is 0.190. The molecule has 2 aromatic carbocycles. The number of nitrogens with zero attached hydrogens (tertiary/aromatic N) is 3.